The van der Waals surface area contributed by atoms with Crippen molar-refractivity contribution in [1.29, 1.82) is 0 Å². The van der Waals surface area contributed by atoms with Crippen LogP contribution < -0.4 is 5.73 Å². The lowest BCUT2D eigenvalue weighted by atomic mass is 10.1. The molecule has 2 N–H and O–H groups in total. The first-order valence-electron chi connectivity index (χ1n) is 6.10. The molecule has 1 rings (SSSR count). The van der Waals surface area contributed by atoms with Gasteiger partial charge in [-0.1, -0.05) is 13.8 Å². The number of hydrogen-bond acceptors (Lipinski definition) is 2. The Morgan fingerprint density at radius 2 is 2.00 bits per heavy atom. The van der Waals surface area contributed by atoms with Gasteiger partial charge in [0.25, 0.3) is 5.91 Å². The zero-order valence-corrected chi connectivity index (χ0v) is 11.2. The lowest BCUT2D eigenvalue weighted by molar-refractivity contribution is 0.0745. The van der Waals surface area contributed by atoms with E-state index in [0.717, 1.165) is 18.7 Å². The third kappa shape index (κ3) is 3.77. The maximum absolute atomic E-state index is 12.3. The number of hydrogen-bond donors (Lipinski definition) is 1. The van der Waals surface area contributed by atoms with Gasteiger partial charge in [-0.15, -0.1) is 0 Å². The molecule has 0 aromatic heterocycles. The van der Waals surface area contributed by atoms with Crippen molar-refractivity contribution >= 4 is 11.6 Å². The van der Waals surface area contributed by atoms with E-state index in [0.29, 0.717) is 17.2 Å². The Morgan fingerprint density at radius 3 is 2.47 bits per heavy atom. The van der Waals surface area contributed by atoms with Crippen molar-refractivity contribution in [2.24, 2.45) is 5.92 Å². The minimum absolute atomic E-state index is 0.0663. The number of carbonyl (C=O) groups is 1. The molecule has 1 aromatic carbocycles. The Balaban J connectivity index is 2.93. The zero-order chi connectivity index (χ0) is 13.0. The molecule has 3 heteroatoms. The van der Waals surface area contributed by atoms with Crippen molar-refractivity contribution < 1.29 is 4.79 Å². The summed E-state index contributed by atoms with van der Waals surface area (Å²) < 4.78 is 0. The Bertz CT molecular complexity index is 379. The van der Waals surface area contributed by atoms with Crippen LogP contribution in [0, 0.1) is 12.8 Å². The van der Waals surface area contributed by atoms with Gasteiger partial charge in [-0.05, 0) is 43.5 Å². The number of nitrogens with zero attached hydrogens (tertiary/aromatic N) is 1. The number of aryl methyl sites for hydroxylation is 1. The van der Waals surface area contributed by atoms with Crippen molar-refractivity contribution in [3.8, 4) is 0 Å². The first kappa shape index (κ1) is 13.6. The van der Waals surface area contributed by atoms with Gasteiger partial charge in [0.2, 0.25) is 0 Å². The molecule has 1 amide bonds. The quantitative estimate of drug-likeness (QED) is 0.814. The highest BCUT2D eigenvalue weighted by Gasteiger charge is 2.15. The van der Waals surface area contributed by atoms with Crippen LogP contribution >= 0.6 is 0 Å². The number of nitrogen functional groups attached to an aromatic ring is 1. The molecular formula is C14H22N2O. The van der Waals surface area contributed by atoms with E-state index >= 15 is 0 Å². The minimum Gasteiger partial charge on any atom is -0.399 e. The highest BCUT2D eigenvalue weighted by molar-refractivity contribution is 5.95. The van der Waals surface area contributed by atoms with Crippen LogP contribution in [0.5, 0.6) is 0 Å². The number of nitrogens with two attached hydrogens (primary N) is 1. The second-order valence-electron chi connectivity index (χ2n) is 4.87. The maximum Gasteiger partial charge on any atom is 0.253 e. The molecule has 3 nitrogen and oxygen atoms in total. The fourth-order valence-electron chi connectivity index (χ4n) is 1.92. The molecule has 0 saturated heterocycles. The molecule has 1 aromatic rings. The normalized spacial score (nSPS) is 10.6. The molecule has 0 heterocycles. The summed E-state index contributed by atoms with van der Waals surface area (Å²) in [6.45, 7) is 9.68. The monoisotopic (exact) mass is 234 g/mol. The molecule has 0 fully saturated rings. The SMILES string of the molecule is CCN(CC(C)C)C(=O)c1cc(C)cc(N)c1. The molecule has 0 aliphatic rings. The van der Waals surface area contributed by atoms with Crippen molar-refractivity contribution in [3.63, 3.8) is 0 Å². The summed E-state index contributed by atoms with van der Waals surface area (Å²) in [7, 11) is 0. The summed E-state index contributed by atoms with van der Waals surface area (Å²) in [6, 6.07) is 5.51. The van der Waals surface area contributed by atoms with Gasteiger partial charge in [-0.25, -0.2) is 0 Å². The molecule has 0 unspecified atom stereocenters. The van der Waals surface area contributed by atoms with Crippen molar-refractivity contribution in [2.45, 2.75) is 27.7 Å². The first-order chi connectivity index (χ1) is 7.93. The number of amides is 1. The number of benzene rings is 1. The van der Waals surface area contributed by atoms with Gasteiger partial charge in [0.1, 0.15) is 0 Å². The van der Waals surface area contributed by atoms with Gasteiger partial charge in [0.15, 0.2) is 0 Å². The van der Waals surface area contributed by atoms with E-state index in [9.17, 15) is 4.79 Å². The topological polar surface area (TPSA) is 46.3 Å². The van der Waals surface area contributed by atoms with Crippen LogP contribution in [-0.2, 0) is 0 Å². The summed E-state index contributed by atoms with van der Waals surface area (Å²) >= 11 is 0. The van der Waals surface area contributed by atoms with Crippen LogP contribution in [0.25, 0.3) is 0 Å². The lowest BCUT2D eigenvalue weighted by Crippen LogP contribution is -2.34. The molecule has 0 aliphatic carbocycles. The molecule has 0 spiro atoms. The molecule has 0 bridgehead atoms. The number of carbonyl (C=O) groups excluding carboxylic acids is 1. The lowest BCUT2D eigenvalue weighted by Gasteiger charge is -2.23. The molecule has 0 atom stereocenters. The summed E-state index contributed by atoms with van der Waals surface area (Å²) in [5.41, 5.74) is 8.12. The molecule has 94 valence electrons. The number of rotatable bonds is 4. The van der Waals surface area contributed by atoms with Crippen molar-refractivity contribution in [2.75, 3.05) is 18.8 Å². The van der Waals surface area contributed by atoms with E-state index in [1.165, 1.54) is 0 Å². The van der Waals surface area contributed by atoms with Gasteiger partial charge in [-0.2, -0.15) is 0 Å². The van der Waals surface area contributed by atoms with E-state index in [1.807, 2.05) is 30.9 Å². The fraction of sp³-hybridized carbons (Fsp3) is 0.500. The van der Waals surface area contributed by atoms with Crippen molar-refractivity contribution in [3.05, 3.63) is 29.3 Å². The third-order valence-electron chi connectivity index (χ3n) is 2.60. The zero-order valence-electron chi connectivity index (χ0n) is 11.2. The highest BCUT2D eigenvalue weighted by Crippen LogP contribution is 2.14. The van der Waals surface area contributed by atoms with Gasteiger partial charge in [0.05, 0.1) is 0 Å². The van der Waals surface area contributed by atoms with E-state index in [4.69, 9.17) is 5.73 Å². The van der Waals surface area contributed by atoms with Gasteiger partial charge < -0.3 is 10.6 Å². The molecule has 0 radical (unpaired) electrons. The Hall–Kier alpha value is -1.51. The smallest absolute Gasteiger partial charge is 0.253 e. The second kappa shape index (κ2) is 5.71. The molecule has 0 saturated carbocycles. The Morgan fingerprint density at radius 1 is 1.35 bits per heavy atom. The van der Waals surface area contributed by atoms with Gasteiger partial charge in [-0.3, -0.25) is 4.79 Å². The Kier molecular flexibility index (Phi) is 4.55. The summed E-state index contributed by atoms with van der Waals surface area (Å²) in [5.74, 6) is 0.539. The number of anilines is 1. The van der Waals surface area contributed by atoms with Gasteiger partial charge in [0, 0.05) is 24.3 Å². The Labute approximate surface area is 104 Å². The predicted molar refractivity (Wildman–Crippen MR) is 72.0 cm³/mol. The molecule has 0 aliphatic heterocycles. The van der Waals surface area contributed by atoms with Crippen LogP contribution in [0.2, 0.25) is 0 Å². The van der Waals surface area contributed by atoms with Crippen LogP contribution in [0.3, 0.4) is 0 Å². The average Bonchev–Trinajstić information content (AvgIpc) is 2.23. The van der Waals surface area contributed by atoms with E-state index in [-0.39, 0.29) is 5.91 Å². The summed E-state index contributed by atoms with van der Waals surface area (Å²) in [5, 5.41) is 0. The summed E-state index contributed by atoms with van der Waals surface area (Å²) in [4.78, 5) is 14.1. The highest BCUT2D eigenvalue weighted by atomic mass is 16.2. The standard InChI is InChI=1S/C14H22N2O/c1-5-16(9-10(2)3)14(17)12-6-11(4)7-13(15)8-12/h6-8,10H,5,9,15H2,1-4H3. The predicted octanol–water partition coefficient (Wildman–Crippen LogP) is 2.70. The first-order valence-corrected chi connectivity index (χ1v) is 6.10. The van der Waals surface area contributed by atoms with Crippen LogP contribution in [0.15, 0.2) is 18.2 Å². The van der Waals surface area contributed by atoms with Crippen molar-refractivity contribution in [1.82, 2.24) is 4.90 Å². The van der Waals surface area contributed by atoms with E-state index in [2.05, 4.69) is 13.8 Å². The van der Waals surface area contributed by atoms with E-state index in [1.54, 1.807) is 6.07 Å². The van der Waals surface area contributed by atoms with Crippen LogP contribution in [-0.4, -0.2) is 23.9 Å². The second-order valence-corrected chi connectivity index (χ2v) is 4.87. The maximum atomic E-state index is 12.3. The molecule has 17 heavy (non-hydrogen) atoms. The van der Waals surface area contributed by atoms with E-state index < -0.39 is 0 Å². The largest absolute Gasteiger partial charge is 0.399 e. The third-order valence-corrected chi connectivity index (χ3v) is 2.60. The minimum atomic E-state index is 0.0663. The summed E-state index contributed by atoms with van der Waals surface area (Å²) in [6.07, 6.45) is 0. The molecular weight excluding hydrogens is 212 g/mol. The van der Waals surface area contributed by atoms with Crippen LogP contribution in [0.1, 0.15) is 36.7 Å². The fourth-order valence-corrected chi connectivity index (χ4v) is 1.92. The average molecular weight is 234 g/mol. The van der Waals surface area contributed by atoms with Crippen LogP contribution in [0.4, 0.5) is 5.69 Å². The van der Waals surface area contributed by atoms with Gasteiger partial charge >= 0.3 is 0 Å².